The van der Waals surface area contributed by atoms with Gasteiger partial charge in [-0.2, -0.15) is 0 Å². The number of hydrogen-bond donors (Lipinski definition) is 1. The van der Waals surface area contributed by atoms with Crippen molar-refractivity contribution in [1.82, 2.24) is 0 Å². The van der Waals surface area contributed by atoms with E-state index < -0.39 is 0 Å². The largest absolute Gasteiger partial charge is 0.464 e. The van der Waals surface area contributed by atoms with Crippen LogP contribution in [0.1, 0.15) is 39.5 Å². The number of hydrogen-bond acceptors (Lipinski definition) is 4. The molecule has 1 aliphatic carbocycles. The van der Waals surface area contributed by atoms with Gasteiger partial charge in [0.05, 0.1) is 12.7 Å². The fourth-order valence-electron chi connectivity index (χ4n) is 1.95. The van der Waals surface area contributed by atoms with Crippen molar-refractivity contribution in [2.45, 2.75) is 51.7 Å². The Morgan fingerprint density at radius 3 is 2.62 bits per heavy atom. The van der Waals surface area contributed by atoms with Crippen molar-refractivity contribution in [3.8, 4) is 0 Å². The molecule has 0 heterocycles. The Bertz CT molecular complexity index is 214. The minimum absolute atomic E-state index is 0.203. The topological polar surface area (TPSA) is 61.5 Å². The Labute approximate surface area is 97.5 Å². The maximum atomic E-state index is 11.6. The highest BCUT2D eigenvalue weighted by atomic mass is 16.6. The highest BCUT2D eigenvalue weighted by molar-refractivity contribution is 5.74. The molecule has 1 fully saturated rings. The van der Waals surface area contributed by atoms with Crippen molar-refractivity contribution < 1.29 is 14.3 Å². The number of carbonyl (C=O) groups excluding carboxylic acids is 1. The normalized spacial score (nSPS) is 25.9. The molecule has 1 saturated carbocycles. The standard InChI is InChI=1S/C12H23NO3/c1-3-5-11(12(14)15-4-2)16-10-6-9(7-10)8-13/h9-11H,3-8,13H2,1-2H3. The van der Waals surface area contributed by atoms with Gasteiger partial charge in [-0.3, -0.25) is 0 Å². The number of esters is 1. The Balaban J connectivity index is 2.31. The van der Waals surface area contributed by atoms with Gasteiger partial charge < -0.3 is 15.2 Å². The minimum Gasteiger partial charge on any atom is -0.464 e. The molecule has 94 valence electrons. The molecule has 2 N–H and O–H groups in total. The molecule has 0 amide bonds. The number of carbonyl (C=O) groups is 1. The van der Waals surface area contributed by atoms with Crippen LogP contribution in [0.4, 0.5) is 0 Å². The fraction of sp³-hybridized carbons (Fsp3) is 0.917. The zero-order valence-corrected chi connectivity index (χ0v) is 10.3. The molecular weight excluding hydrogens is 206 g/mol. The van der Waals surface area contributed by atoms with Crippen LogP contribution in [0, 0.1) is 5.92 Å². The summed E-state index contributed by atoms with van der Waals surface area (Å²) in [4.78, 5) is 11.6. The lowest BCUT2D eigenvalue weighted by molar-refractivity contribution is -0.166. The summed E-state index contributed by atoms with van der Waals surface area (Å²) in [6.07, 6.45) is 3.45. The van der Waals surface area contributed by atoms with Crippen LogP contribution < -0.4 is 5.73 Å². The molecule has 0 radical (unpaired) electrons. The molecule has 4 nitrogen and oxygen atoms in total. The Morgan fingerprint density at radius 1 is 1.44 bits per heavy atom. The lowest BCUT2D eigenvalue weighted by Crippen LogP contribution is -2.40. The molecule has 0 aromatic rings. The van der Waals surface area contributed by atoms with Gasteiger partial charge in [0.25, 0.3) is 0 Å². The van der Waals surface area contributed by atoms with Gasteiger partial charge in [0.1, 0.15) is 0 Å². The molecule has 0 aromatic heterocycles. The highest BCUT2D eigenvalue weighted by Gasteiger charge is 2.33. The molecular formula is C12H23NO3. The summed E-state index contributed by atoms with van der Waals surface area (Å²) in [6.45, 7) is 4.99. The lowest BCUT2D eigenvalue weighted by Gasteiger charge is -2.36. The van der Waals surface area contributed by atoms with Crippen molar-refractivity contribution >= 4 is 5.97 Å². The van der Waals surface area contributed by atoms with E-state index in [1.807, 2.05) is 13.8 Å². The van der Waals surface area contributed by atoms with E-state index in [9.17, 15) is 4.79 Å². The summed E-state index contributed by atoms with van der Waals surface area (Å²) in [7, 11) is 0. The molecule has 0 aromatic carbocycles. The van der Waals surface area contributed by atoms with Gasteiger partial charge in [0.15, 0.2) is 6.10 Å². The number of nitrogens with two attached hydrogens (primary N) is 1. The molecule has 1 aliphatic rings. The second kappa shape index (κ2) is 6.86. The van der Waals surface area contributed by atoms with Gasteiger partial charge in [-0.1, -0.05) is 13.3 Å². The van der Waals surface area contributed by atoms with Gasteiger partial charge in [0.2, 0.25) is 0 Å². The predicted molar refractivity (Wildman–Crippen MR) is 62.0 cm³/mol. The highest BCUT2D eigenvalue weighted by Crippen LogP contribution is 2.30. The van der Waals surface area contributed by atoms with E-state index in [2.05, 4.69) is 0 Å². The molecule has 1 unspecified atom stereocenters. The van der Waals surface area contributed by atoms with Crippen LogP contribution in [0.25, 0.3) is 0 Å². The van der Waals surface area contributed by atoms with E-state index >= 15 is 0 Å². The SMILES string of the molecule is CCCC(OC1CC(CN)C1)C(=O)OCC. The fourth-order valence-corrected chi connectivity index (χ4v) is 1.95. The third kappa shape index (κ3) is 3.76. The van der Waals surface area contributed by atoms with Crippen molar-refractivity contribution in [2.75, 3.05) is 13.2 Å². The third-order valence-corrected chi connectivity index (χ3v) is 2.98. The minimum atomic E-state index is -0.381. The lowest BCUT2D eigenvalue weighted by atomic mass is 9.82. The molecule has 0 bridgehead atoms. The number of ether oxygens (including phenoxy) is 2. The van der Waals surface area contributed by atoms with Gasteiger partial charge in [0, 0.05) is 0 Å². The molecule has 1 rings (SSSR count). The summed E-state index contributed by atoms with van der Waals surface area (Å²) < 4.78 is 10.7. The predicted octanol–water partition coefficient (Wildman–Crippen LogP) is 1.47. The van der Waals surface area contributed by atoms with E-state index in [-0.39, 0.29) is 18.2 Å². The first-order valence-corrected chi connectivity index (χ1v) is 6.23. The van der Waals surface area contributed by atoms with E-state index in [0.29, 0.717) is 12.5 Å². The summed E-state index contributed by atoms with van der Waals surface area (Å²) in [5.41, 5.74) is 5.55. The van der Waals surface area contributed by atoms with Crippen molar-refractivity contribution in [1.29, 1.82) is 0 Å². The summed E-state index contributed by atoms with van der Waals surface area (Å²) >= 11 is 0. The molecule has 0 saturated heterocycles. The van der Waals surface area contributed by atoms with Crippen LogP contribution in [-0.2, 0) is 14.3 Å². The first-order chi connectivity index (χ1) is 7.71. The first-order valence-electron chi connectivity index (χ1n) is 6.23. The Hall–Kier alpha value is -0.610. The summed E-state index contributed by atoms with van der Waals surface area (Å²) in [5.74, 6) is 0.357. The van der Waals surface area contributed by atoms with E-state index in [1.54, 1.807) is 0 Å². The molecule has 4 heteroatoms. The summed E-state index contributed by atoms with van der Waals surface area (Å²) in [5, 5.41) is 0. The van der Waals surface area contributed by atoms with Crippen LogP contribution in [0.2, 0.25) is 0 Å². The van der Waals surface area contributed by atoms with E-state index in [4.69, 9.17) is 15.2 Å². The second-order valence-electron chi connectivity index (χ2n) is 4.36. The van der Waals surface area contributed by atoms with Crippen molar-refractivity contribution in [3.63, 3.8) is 0 Å². The maximum Gasteiger partial charge on any atom is 0.335 e. The van der Waals surface area contributed by atoms with Crippen LogP contribution in [0.3, 0.4) is 0 Å². The smallest absolute Gasteiger partial charge is 0.335 e. The van der Waals surface area contributed by atoms with Crippen LogP contribution in [0.15, 0.2) is 0 Å². The van der Waals surface area contributed by atoms with Gasteiger partial charge in [-0.25, -0.2) is 4.79 Å². The van der Waals surface area contributed by atoms with E-state index in [0.717, 1.165) is 32.2 Å². The average molecular weight is 229 g/mol. The molecule has 1 atom stereocenters. The maximum absolute atomic E-state index is 11.6. The molecule has 16 heavy (non-hydrogen) atoms. The van der Waals surface area contributed by atoms with Crippen molar-refractivity contribution in [3.05, 3.63) is 0 Å². The Morgan fingerprint density at radius 2 is 2.12 bits per heavy atom. The zero-order chi connectivity index (χ0) is 12.0. The second-order valence-corrected chi connectivity index (χ2v) is 4.36. The quantitative estimate of drug-likeness (QED) is 0.672. The zero-order valence-electron chi connectivity index (χ0n) is 10.3. The van der Waals surface area contributed by atoms with Gasteiger partial charge in [-0.05, 0) is 38.6 Å². The van der Waals surface area contributed by atoms with Crippen LogP contribution in [0.5, 0.6) is 0 Å². The number of rotatable bonds is 7. The van der Waals surface area contributed by atoms with Gasteiger partial charge >= 0.3 is 5.97 Å². The molecule has 0 aliphatic heterocycles. The molecule has 0 spiro atoms. The summed E-state index contributed by atoms with van der Waals surface area (Å²) in [6, 6.07) is 0. The first kappa shape index (κ1) is 13.5. The Kier molecular flexibility index (Phi) is 5.77. The monoisotopic (exact) mass is 229 g/mol. The van der Waals surface area contributed by atoms with Gasteiger partial charge in [-0.15, -0.1) is 0 Å². The van der Waals surface area contributed by atoms with Crippen molar-refractivity contribution in [2.24, 2.45) is 11.7 Å². The van der Waals surface area contributed by atoms with E-state index in [1.165, 1.54) is 0 Å². The average Bonchev–Trinajstić information content (AvgIpc) is 2.21. The third-order valence-electron chi connectivity index (χ3n) is 2.98. The van der Waals surface area contributed by atoms with Crippen LogP contribution >= 0.6 is 0 Å². The van der Waals surface area contributed by atoms with Crippen LogP contribution in [-0.4, -0.2) is 31.3 Å².